The minimum absolute atomic E-state index is 0.496. The first-order valence-electron chi connectivity index (χ1n) is 6.69. The molecule has 1 saturated heterocycles. The summed E-state index contributed by atoms with van der Waals surface area (Å²) < 4.78 is 0. The van der Waals surface area contributed by atoms with Gasteiger partial charge in [-0.2, -0.15) is 0 Å². The fraction of sp³-hybridized carbons (Fsp3) is 0.286. The van der Waals surface area contributed by atoms with Crippen LogP contribution in [0.5, 0.6) is 0 Å². The van der Waals surface area contributed by atoms with Gasteiger partial charge >= 0.3 is 12.1 Å². The normalized spacial score (nSPS) is 20.2. The molecule has 1 aromatic rings. The summed E-state index contributed by atoms with van der Waals surface area (Å²) in [4.78, 5) is 48.1. The zero-order valence-corrected chi connectivity index (χ0v) is 13.2. The Morgan fingerprint density at radius 3 is 2.43 bits per heavy atom. The van der Waals surface area contributed by atoms with Gasteiger partial charge in [0.05, 0.1) is 0 Å². The van der Waals surface area contributed by atoms with Gasteiger partial charge in [0, 0.05) is 12.1 Å². The van der Waals surface area contributed by atoms with Crippen LogP contribution in [0.4, 0.5) is 9.59 Å². The highest BCUT2D eigenvalue weighted by atomic mass is 35.5. The van der Waals surface area contributed by atoms with Gasteiger partial charge in [0.25, 0.3) is 5.91 Å². The van der Waals surface area contributed by atoms with Gasteiger partial charge in [0.1, 0.15) is 12.1 Å². The standard InChI is InChI=1S/C14H15ClN4O4/c1-14(8-3-5-9(15)6-4-8)11(21)19(13(23)18-14)7-10(20)17-12(22)16-2/h3-6H,7H2,1-2H3,(H,18,23)(H2,16,17,20,22). The summed E-state index contributed by atoms with van der Waals surface area (Å²) in [7, 11) is 1.34. The van der Waals surface area contributed by atoms with E-state index in [1.807, 2.05) is 5.32 Å². The predicted molar refractivity (Wildman–Crippen MR) is 81.6 cm³/mol. The second-order valence-electron chi connectivity index (χ2n) is 5.08. The van der Waals surface area contributed by atoms with Crippen molar-refractivity contribution in [2.45, 2.75) is 12.5 Å². The summed E-state index contributed by atoms with van der Waals surface area (Å²) in [5.74, 6) is -1.36. The third-order valence-corrected chi connectivity index (χ3v) is 3.73. The molecule has 0 aromatic heterocycles. The average molecular weight is 339 g/mol. The highest BCUT2D eigenvalue weighted by molar-refractivity contribution is 6.30. The van der Waals surface area contributed by atoms with E-state index in [2.05, 4.69) is 10.6 Å². The number of hydrogen-bond acceptors (Lipinski definition) is 4. The van der Waals surface area contributed by atoms with E-state index < -0.39 is 36.0 Å². The van der Waals surface area contributed by atoms with Crippen molar-refractivity contribution in [2.75, 3.05) is 13.6 Å². The number of nitrogens with zero attached hydrogens (tertiary/aromatic N) is 1. The van der Waals surface area contributed by atoms with Crippen molar-refractivity contribution < 1.29 is 19.2 Å². The second-order valence-corrected chi connectivity index (χ2v) is 5.52. The molecule has 23 heavy (non-hydrogen) atoms. The SMILES string of the molecule is CNC(=O)NC(=O)CN1C(=O)NC(C)(c2ccc(Cl)cc2)C1=O. The van der Waals surface area contributed by atoms with Gasteiger partial charge in [-0.15, -0.1) is 0 Å². The topological polar surface area (TPSA) is 108 Å². The molecule has 1 aliphatic rings. The van der Waals surface area contributed by atoms with Gasteiger partial charge < -0.3 is 10.6 Å². The molecule has 0 bridgehead atoms. The van der Waals surface area contributed by atoms with Gasteiger partial charge in [-0.05, 0) is 24.6 Å². The summed E-state index contributed by atoms with van der Waals surface area (Å²) in [6.45, 7) is 0.981. The number of imide groups is 2. The molecule has 1 fully saturated rings. The second kappa shape index (κ2) is 6.25. The Hall–Kier alpha value is -2.61. The largest absolute Gasteiger partial charge is 0.341 e. The van der Waals surface area contributed by atoms with Gasteiger partial charge in [-0.3, -0.25) is 19.8 Å². The Labute approximate surface area is 137 Å². The lowest BCUT2D eigenvalue weighted by Gasteiger charge is -2.22. The zero-order chi connectivity index (χ0) is 17.2. The Kier molecular flexibility index (Phi) is 4.55. The van der Waals surface area contributed by atoms with Crippen molar-refractivity contribution in [2.24, 2.45) is 0 Å². The Bertz CT molecular complexity index is 676. The highest BCUT2D eigenvalue weighted by Gasteiger charge is 2.49. The molecular weight excluding hydrogens is 324 g/mol. The summed E-state index contributed by atoms with van der Waals surface area (Å²) in [5.41, 5.74) is -0.760. The van der Waals surface area contributed by atoms with Crippen molar-refractivity contribution in [3.8, 4) is 0 Å². The lowest BCUT2D eigenvalue weighted by molar-refractivity contribution is -0.134. The molecule has 0 saturated carbocycles. The maximum atomic E-state index is 12.5. The van der Waals surface area contributed by atoms with Crippen molar-refractivity contribution in [3.63, 3.8) is 0 Å². The van der Waals surface area contributed by atoms with E-state index in [1.165, 1.54) is 14.0 Å². The van der Waals surface area contributed by atoms with Crippen LogP contribution in [0, 0.1) is 0 Å². The molecule has 0 spiro atoms. The van der Waals surface area contributed by atoms with Crippen LogP contribution < -0.4 is 16.0 Å². The van der Waals surface area contributed by atoms with E-state index in [0.29, 0.717) is 10.6 Å². The molecule has 0 aliphatic carbocycles. The Morgan fingerprint density at radius 2 is 1.87 bits per heavy atom. The minimum Gasteiger partial charge on any atom is -0.341 e. The van der Waals surface area contributed by atoms with E-state index in [0.717, 1.165) is 4.90 Å². The zero-order valence-electron chi connectivity index (χ0n) is 12.5. The number of amides is 6. The first-order chi connectivity index (χ1) is 10.8. The molecule has 1 atom stereocenters. The summed E-state index contributed by atoms with van der Waals surface area (Å²) >= 11 is 5.82. The highest BCUT2D eigenvalue weighted by Crippen LogP contribution is 2.29. The summed E-state index contributed by atoms with van der Waals surface area (Å²) in [6, 6.07) is 5.01. The van der Waals surface area contributed by atoms with Crippen molar-refractivity contribution >= 4 is 35.5 Å². The van der Waals surface area contributed by atoms with E-state index in [-0.39, 0.29) is 0 Å². The van der Waals surface area contributed by atoms with Crippen molar-refractivity contribution in [1.82, 2.24) is 20.9 Å². The maximum absolute atomic E-state index is 12.5. The molecule has 0 radical (unpaired) electrons. The van der Waals surface area contributed by atoms with Crippen LogP contribution in [-0.2, 0) is 15.1 Å². The maximum Gasteiger partial charge on any atom is 0.325 e. The number of hydrogen-bond donors (Lipinski definition) is 3. The monoisotopic (exact) mass is 338 g/mol. The number of carbonyl (C=O) groups excluding carboxylic acids is 4. The van der Waals surface area contributed by atoms with Crippen LogP contribution in [0.25, 0.3) is 0 Å². The van der Waals surface area contributed by atoms with Crippen molar-refractivity contribution in [1.29, 1.82) is 0 Å². The summed E-state index contributed by atoms with van der Waals surface area (Å²) in [6.07, 6.45) is 0. The predicted octanol–water partition coefficient (Wildman–Crippen LogP) is 0.563. The van der Waals surface area contributed by atoms with Gasteiger partial charge in [-0.1, -0.05) is 23.7 Å². The summed E-state index contributed by atoms with van der Waals surface area (Å²) in [5, 5.41) is 7.24. The van der Waals surface area contributed by atoms with Gasteiger partial charge in [0.2, 0.25) is 5.91 Å². The molecule has 9 heteroatoms. The van der Waals surface area contributed by atoms with E-state index >= 15 is 0 Å². The number of nitrogens with one attached hydrogen (secondary N) is 3. The van der Waals surface area contributed by atoms with E-state index in [9.17, 15) is 19.2 Å². The third-order valence-electron chi connectivity index (χ3n) is 3.48. The molecule has 2 rings (SSSR count). The fourth-order valence-electron chi connectivity index (χ4n) is 2.19. The number of benzene rings is 1. The first-order valence-corrected chi connectivity index (χ1v) is 7.07. The third kappa shape index (κ3) is 3.26. The van der Waals surface area contributed by atoms with E-state index in [1.54, 1.807) is 24.3 Å². The van der Waals surface area contributed by atoms with Gasteiger partial charge in [-0.25, -0.2) is 9.59 Å². The van der Waals surface area contributed by atoms with Crippen LogP contribution in [-0.4, -0.2) is 42.4 Å². The van der Waals surface area contributed by atoms with Gasteiger partial charge in [0.15, 0.2) is 0 Å². The quantitative estimate of drug-likeness (QED) is 0.700. The molecule has 1 aliphatic heterocycles. The number of rotatable bonds is 3. The van der Waals surface area contributed by atoms with Crippen molar-refractivity contribution in [3.05, 3.63) is 34.9 Å². The molecule has 1 heterocycles. The van der Waals surface area contributed by atoms with Crippen LogP contribution >= 0.6 is 11.6 Å². The number of urea groups is 2. The molecule has 1 aromatic carbocycles. The molecule has 1 unspecified atom stereocenters. The number of carbonyl (C=O) groups is 4. The number of halogens is 1. The average Bonchev–Trinajstić information content (AvgIpc) is 2.72. The van der Waals surface area contributed by atoms with Crippen LogP contribution in [0.15, 0.2) is 24.3 Å². The Balaban J connectivity index is 2.17. The molecule has 3 N–H and O–H groups in total. The van der Waals surface area contributed by atoms with E-state index in [4.69, 9.17) is 11.6 Å². The molecular formula is C14H15ClN4O4. The van der Waals surface area contributed by atoms with Crippen LogP contribution in [0.3, 0.4) is 0 Å². The smallest absolute Gasteiger partial charge is 0.325 e. The van der Waals surface area contributed by atoms with Crippen LogP contribution in [0.2, 0.25) is 5.02 Å². The fourth-order valence-corrected chi connectivity index (χ4v) is 2.32. The minimum atomic E-state index is -1.30. The first kappa shape index (κ1) is 16.8. The Morgan fingerprint density at radius 1 is 1.26 bits per heavy atom. The molecule has 6 amide bonds. The lowest BCUT2D eigenvalue weighted by Crippen LogP contribution is -2.46. The molecule has 8 nitrogen and oxygen atoms in total. The van der Waals surface area contributed by atoms with Crippen LogP contribution in [0.1, 0.15) is 12.5 Å². The lowest BCUT2D eigenvalue weighted by atomic mass is 9.92. The molecule has 122 valence electrons.